The summed E-state index contributed by atoms with van der Waals surface area (Å²) in [5.41, 5.74) is -1.10. The molecule has 0 bridgehead atoms. The number of ether oxygens (including phenoxy) is 3. The second-order valence-corrected chi connectivity index (χ2v) is 4.10. The van der Waals surface area contributed by atoms with Gasteiger partial charge < -0.3 is 14.2 Å². The Morgan fingerprint density at radius 1 is 1.29 bits per heavy atom. The van der Waals surface area contributed by atoms with E-state index in [1.807, 2.05) is 0 Å². The lowest BCUT2D eigenvalue weighted by Gasteiger charge is -2.12. The van der Waals surface area contributed by atoms with Crippen LogP contribution in [0, 0.1) is 0 Å². The smallest absolute Gasteiger partial charge is 0.343 e. The quantitative estimate of drug-likeness (QED) is 0.806. The Morgan fingerprint density at radius 2 is 2.00 bits per heavy atom. The number of benzene rings is 1. The van der Waals surface area contributed by atoms with Crippen molar-refractivity contribution in [3.63, 3.8) is 0 Å². The summed E-state index contributed by atoms with van der Waals surface area (Å²) in [6, 6.07) is 2.84. The molecule has 0 aliphatic carbocycles. The van der Waals surface area contributed by atoms with Gasteiger partial charge in [-0.25, -0.2) is 4.79 Å². The highest BCUT2D eigenvalue weighted by molar-refractivity contribution is 5.96. The Kier molecular flexibility index (Phi) is 4.11. The predicted octanol–water partition coefficient (Wildman–Crippen LogP) is 1.93. The zero-order valence-corrected chi connectivity index (χ0v) is 11.8. The summed E-state index contributed by atoms with van der Waals surface area (Å²) in [5, 5.41) is -0.0788. The molecule has 0 N–H and O–H groups in total. The van der Waals surface area contributed by atoms with Crippen molar-refractivity contribution in [3.05, 3.63) is 34.1 Å². The molecule has 2 aromatic rings. The summed E-state index contributed by atoms with van der Waals surface area (Å²) < 4.78 is 29.0. The fraction of sp³-hybridized carbons (Fsp3) is 0.286. The number of halogens is 1. The Balaban J connectivity index is 2.86. The fourth-order valence-corrected chi connectivity index (χ4v) is 2.04. The topological polar surface area (TPSA) is 66.8 Å². The molecular formula is C14H14FNO5. The highest BCUT2D eigenvalue weighted by atomic mass is 19.2. The Bertz CT molecular complexity index is 753. The Hall–Kier alpha value is -2.57. The molecule has 0 fully saturated rings. The molecule has 1 aromatic carbocycles. The number of fused-ring (bicyclic) bond motifs is 1. The summed E-state index contributed by atoms with van der Waals surface area (Å²) in [6.45, 7) is 1.67. The molecule has 0 aliphatic rings. The van der Waals surface area contributed by atoms with E-state index in [9.17, 15) is 14.1 Å². The van der Waals surface area contributed by atoms with Gasteiger partial charge in [0, 0.05) is 0 Å². The molecule has 21 heavy (non-hydrogen) atoms. The standard InChI is InChI=1S/C14H14FNO5/c1-4-21-14(18)8-7-16(15)9-5-6-10(19-2)13(20-3)11(9)12(8)17/h5-7H,4H2,1-3H3. The second-order valence-electron chi connectivity index (χ2n) is 4.10. The zero-order valence-electron chi connectivity index (χ0n) is 11.8. The molecule has 1 aromatic heterocycles. The van der Waals surface area contributed by atoms with E-state index in [1.165, 1.54) is 26.4 Å². The molecule has 0 saturated carbocycles. The molecule has 0 aliphatic heterocycles. The number of methoxy groups -OCH3 is 2. The number of esters is 1. The maximum atomic E-state index is 14.1. The highest BCUT2D eigenvalue weighted by Crippen LogP contribution is 2.33. The lowest BCUT2D eigenvalue weighted by molar-refractivity contribution is 0.0523. The van der Waals surface area contributed by atoms with Crippen LogP contribution in [0.2, 0.25) is 0 Å². The van der Waals surface area contributed by atoms with Gasteiger partial charge in [0.15, 0.2) is 11.5 Å². The first-order valence-electron chi connectivity index (χ1n) is 6.18. The maximum absolute atomic E-state index is 14.1. The van der Waals surface area contributed by atoms with Gasteiger partial charge in [-0.05, 0) is 19.1 Å². The second kappa shape index (κ2) is 5.82. The van der Waals surface area contributed by atoms with E-state index >= 15 is 0 Å². The van der Waals surface area contributed by atoms with Crippen LogP contribution in [0.4, 0.5) is 4.48 Å². The van der Waals surface area contributed by atoms with Crippen LogP contribution in [0.15, 0.2) is 23.1 Å². The van der Waals surface area contributed by atoms with Gasteiger partial charge in [0.05, 0.1) is 37.9 Å². The largest absolute Gasteiger partial charge is 0.493 e. The monoisotopic (exact) mass is 295 g/mol. The van der Waals surface area contributed by atoms with E-state index in [-0.39, 0.29) is 33.8 Å². The van der Waals surface area contributed by atoms with E-state index in [4.69, 9.17) is 14.2 Å². The van der Waals surface area contributed by atoms with Crippen LogP contribution in [-0.4, -0.2) is 31.6 Å². The van der Waals surface area contributed by atoms with Crippen molar-refractivity contribution in [2.45, 2.75) is 6.92 Å². The molecule has 0 unspecified atom stereocenters. The highest BCUT2D eigenvalue weighted by Gasteiger charge is 2.21. The first-order valence-corrected chi connectivity index (χ1v) is 6.18. The van der Waals surface area contributed by atoms with Crippen LogP contribution in [-0.2, 0) is 4.74 Å². The molecule has 112 valence electrons. The number of aromatic nitrogens is 1. The third-order valence-electron chi connectivity index (χ3n) is 2.96. The van der Waals surface area contributed by atoms with Gasteiger partial charge in [0.1, 0.15) is 5.56 Å². The molecule has 0 radical (unpaired) electrons. The molecule has 0 amide bonds. The predicted molar refractivity (Wildman–Crippen MR) is 73.8 cm³/mol. The Labute approximate surface area is 119 Å². The number of carbonyl (C=O) groups is 1. The van der Waals surface area contributed by atoms with Gasteiger partial charge in [-0.3, -0.25) is 4.79 Å². The molecule has 0 atom stereocenters. The van der Waals surface area contributed by atoms with Gasteiger partial charge in [0.2, 0.25) is 5.43 Å². The molecule has 0 saturated heterocycles. The van der Waals surface area contributed by atoms with Crippen molar-refractivity contribution in [2.75, 3.05) is 20.8 Å². The third kappa shape index (κ3) is 2.42. The fourth-order valence-electron chi connectivity index (χ4n) is 2.04. The molecule has 2 rings (SSSR count). The number of rotatable bonds is 4. The SMILES string of the molecule is CCOC(=O)c1cn(F)c2ccc(OC)c(OC)c2c1=O. The van der Waals surface area contributed by atoms with E-state index in [0.29, 0.717) is 0 Å². The Morgan fingerprint density at radius 3 is 2.57 bits per heavy atom. The van der Waals surface area contributed by atoms with Crippen molar-refractivity contribution in [1.29, 1.82) is 0 Å². The molecule has 1 heterocycles. The first kappa shape index (κ1) is 14.8. The molecule has 0 spiro atoms. The lowest BCUT2D eigenvalue weighted by Crippen LogP contribution is -2.20. The van der Waals surface area contributed by atoms with E-state index in [1.54, 1.807) is 6.92 Å². The van der Waals surface area contributed by atoms with Crippen molar-refractivity contribution < 1.29 is 23.5 Å². The zero-order chi connectivity index (χ0) is 15.6. The summed E-state index contributed by atoms with van der Waals surface area (Å²) in [7, 11) is 2.73. The average Bonchev–Trinajstić information content (AvgIpc) is 2.49. The van der Waals surface area contributed by atoms with Gasteiger partial charge in [-0.2, -0.15) is 4.79 Å². The van der Waals surface area contributed by atoms with E-state index in [0.717, 1.165) is 6.20 Å². The van der Waals surface area contributed by atoms with Gasteiger partial charge in [-0.1, -0.05) is 4.48 Å². The summed E-state index contributed by atoms with van der Waals surface area (Å²) in [4.78, 5) is 24.4. The average molecular weight is 295 g/mol. The van der Waals surface area contributed by atoms with Crippen molar-refractivity contribution >= 4 is 16.9 Å². The minimum atomic E-state index is -0.888. The van der Waals surface area contributed by atoms with E-state index < -0.39 is 17.0 Å². The summed E-state index contributed by atoms with van der Waals surface area (Å²) in [5.74, 6) is -0.554. The van der Waals surface area contributed by atoms with E-state index in [2.05, 4.69) is 0 Å². The summed E-state index contributed by atoms with van der Waals surface area (Å²) in [6.07, 6.45) is 0.800. The number of pyridine rings is 1. The third-order valence-corrected chi connectivity index (χ3v) is 2.96. The van der Waals surface area contributed by atoms with Crippen LogP contribution in [0.3, 0.4) is 0 Å². The molecule has 7 heteroatoms. The number of carbonyl (C=O) groups excluding carboxylic acids is 1. The van der Waals surface area contributed by atoms with Crippen molar-refractivity contribution in [2.24, 2.45) is 0 Å². The van der Waals surface area contributed by atoms with Gasteiger partial charge in [-0.15, -0.1) is 0 Å². The van der Waals surface area contributed by atoms with Gasteiger partial charge >= 0.3 is 5.97 Å². The van der Waals surface area contributed by atoms with Crippen LogP contribution in [0.1, 0.15) is 17.3 Å². The maximum Gasteiger partial charge on any atom is 0.343 e. The van der Waals surface area contributed by atoms with Crippen LogP contribution in [0.5, 0.6) is 11.5 Å². The number of nitrogens with zero attached hydrogens (tertiary/aromatic N) is 1. The number of hydrogen-bond donors (Lipinski definition) is 0. The summed E-state index contributed by atoms with van der Waals surface area (Å²) >= 11 is 0. The van der Waals surface area contributed by atoms with Crippen molar-refractivity contribution in [1.82, 2.24) is 4.79 Å². The molecular weight excluding hydrogens is 281 g/mol. The van der Waals surface area contributed by atoms with Crippen LogP contribution >= 0.6 is 0 Å². The minimum Gasteiger partial charge on any atom is -0.493 e. The van der Waals surface area contributed by atoms with Crippen LogP contribution < -0.4 is 14.9 Å². The van der Waals surface area contributed by atoms with Crippen molar-refractivity contribution in [3.8, 4) is 11.5 Å². The number of hydrogen-bond acceptors (Lipinski definition) is 5. The van der Waals surface area contributed by atoms with Crippen LogP contribution in [0.25, 0.3) is 10.9 Å². The first-order chi connectivity index (χ1) is 10.0. The van der Waals surface area contributed by atoms with Gasteiger partial charge in [0.25, 0.3) is 0 Å². The minimum absolute atomic E-state index is 0.0225. The molecule has 6 nitrogen and oxygen atoms in total. The lowest BCUT2D eigenvalue weighted by atomic mass is 10.1. The normalized spacial score (nSPS) is 10.5.